The predicted molar refractivity (Wildman–Crippen MR) is 457 cm³/mol. The summed E-state index contributed by atoms with van der Waals surface area (Å²) < 4.78 is 6.95. The van der Waals surface area contributed by atoms with Gasteiger partial charge in [0, 0.05) is 23.8 Å². The first-order valence-electron chi connectivity index (χ1n) is 39.2. The summed E-state index contributed by atoms with van der Waals surface area (Å²) in [7, 11) is 1.49. The average molecular weight is 1410 g/mol. The van der Waals surface area contributed by atoms with Crippen LogP contribution in [0.25, 0.3) is 66.1 Å². The van der Waals surface area contributed by atoms with E-state index in [9.17, 15) is 0 Å². The Labute approximate surface area is 621 Å². The third kappa shape index (κ3) is 15.8. The van der Waals surface area contributed by atoms with Gasteiger partial charge in [-0.15, -0.1) is 0 Å². The van der Waals surface area contributed by atoms with Crippen molar-refractivity contribution >= 4 is 72.1 Å². The SMILES string of the molecule is Cc1c(-c2c3ccc([Si](C(C)C)(C(C)C)C(C)C)cc3cc[n+]2C)cc(C(C)(C)C)cc1C(C)(C)C.Cc1cc(C(C)(C)C)cc(-c2c3ccc([Si](C(C)C)(C(C)C)C(C)C)cc3cc[n+]2C)c1C.Cc1ccc(C(C)(C)C)cc1-c1c2ccc([Si](C(C)C)(C(C)C)C(C)C)cc2cc[n+]1C. The highest BCUT2D eigenvalue weighted by Crippen LogP contribution is 2.47. The van der Waals surface area contributed by atoms with E-state index in [4.69, 9.17) is 0 Å². The molecule has 0 amide bonds. The Bertz CT molecular complexity index is 4360. The summed E-state index contributed by atoms with van der Waals surface area (Å²) in [5.74, 6) is 0. The Morgan fingerprint density at radius 2 is 0.545 bits per heavy atom. The topological polar surface area (TPSA) is 11.6 Å². The van der Waals surface area contributed by atoms with Crippen LogP contribution in [0.1, 0.15) is 252 Å². The molecule has 6 aromatic carbocycles. The smallest absolute Gasteiger partial charge is 0.200 e. The zero-order valence-electron chi connectivity index (χ0n) is 71.2. The summed E-state index contributed by atoms with van der Waals surface area (Å²) in [6, 6.07) is 46.0. The van der Waals surface area contributed by atoms with E-state index in [1.807, 2.05) is 0 Å². The molecule has 9 rings (SSSR count). The van der Waals surface area contributed by atoms with Crippen molar-refractivity contribution in [3.8, 4) is 33.8 Å². The van der Waals surface area contributed by atoms with Crippen LogP contribution in [0.2, 0.25) is 49.9 Å². The van der Waals surface area contributed by atoms with Crippen molar-refractivity contribution in [3.63, 3.8) is 0 Å². The van der Waals surface area contributed by atoms with Crippen LogP contribution >= 0.6 is 0 Å². The van der Waals surface area contributed by atoms with Crippen LogP contribution in [0.4, 0.5) is 0 Å². The van der Waals surface area contributed by atoms with E-state index < -0.39 is 24.2 Å². The van der Waals surface area contributed by atoms with E-state index in [1.54, 1.807) is 15.6 Å². The molecule has 0 aliphatic carbocycles. The molecule has 0 aliphatic rings. The normalized spacial score (nSPS) is 13.2. The predicted octanol–water partition coefficient (Wildman–Crippen LogP) is 25.1. The Balaban J connectivity index is 0.000000213. The van der Waals surface area contributed by atoms with Crippen molar-refractivity contribution in [1.82, 2.24) is 0 Å². The Morgan fingerprint density at radius 3 is 0.832 bits per heavy atom. The summed E-state index contributed by atoms with van der Waals surface area (Å²) >= 11 is 0. The van der Waals surface area contributed by atoms with Crippen LogP contribution in [-0.4, -0.2) is 24.2 Å². The fourth-order valence-electron chi connectivity index (χ4n) is 20.0. The fraction of sp³-hybridized carbons (Fsp3) is 0.526. The maximum Gasteiger partial charge on any atom is 0.220 e. The molecule has 0 saturated carbocycles. The molecule has 0 atom stereocenters. The first kappa shape index (κ1) is 82.5. The van der Waals surface area contributed by atoms with Gasteiger partial charge in [0.05, 0.1) is 51.5 Å². The van der Waals surface area contributed by atoms with Gasteiger partial charge in [-0.1, -0.05) is 284 Å². The summed E-state index contributed by atoms with van der Waals surface area (Å²) in [4.78, 5) is 0. The van der Waals surface area contributed by atoms with Gasteiger partial charge < -0.3 is 0 Å². The van der Waals surface area contributed by atoms with Gasteiger partial charge in [-0.05, 0) is 196 Å². The number of aryl methyl sites for hydroxylation is 5. The number of benzene rings is 6. The molecular weight excluding hydrogens is 1270 g/mol. The number of aromatic nitrogens is 3. The molecule has 0 fully saturated rings. The minimum absolute atomic E-state index is 0.0907. The van der Waals surface area contributed by atoms with E-state index in [0.717, 1.165) is 0 Å². The van der Waals surface area contributed by atoms with Gasteiger partial charge in [0.2, 0.25) is 17.1 Å². The summed E-state index contributed by atoms with van der Waals surface area (Å²) in [5.41, 5.74) is 26.0. The molecule has 546 valence electrons. The Morgan fingerprint density at radius 1 is 0.267 bits per heavy atom. The van der Waals surface area contributed by atoms with Crippen molar-refractivity contribution in [3.05, 3.63) is 178 Å². The van der Waals surface area contributed by atoms with Crippen molar-refractivity contribution in [1.29, 1.82) is 0 Å². The Kier molecular flexibility index (Phi) is 25.1. The highest BCUT2D eigenvalue weighted by atomic mass is 28.3. The van der Waals surface area contributed by atoms with E-state index in [0.29, 0.717) is 49.9 Å². The number of pyridine rings is 3. The standard InChI is InChI=1S/C34H52NSi.C31H46NSi.C30H44NSi/c1-22(2)36(23(3)4,24(5)6)28-15-16-29-26(19-28)17-18-35(14)32(29)30-20-27(33(8,9)10)21-31(25(30)7)34(11,12)13;1-20(2)33(21(3)4,22(5)6)27-13-14-28-25(18-27)15-16-32(12)30(28)29-19-26(31(9,10)11)17-23(7)24(29)8;1-20(2)32(21(3)4,22(5)6)26-14-15-27-24(18-26)16-17-31(11)29(27)28-19-25(30(8,9)10)13-12-23(28)7/h15-24H,1-14H3;13-22H,1-12H3;12-22H,1-11H3/q3*+1. The zero-order chi connectivity index (χ0) is 76.3. The molecule has 0 saturated heterocycles. The van der Waals surface area contributed by atoms with Crippen LogP contribution in [0, 0.1) is 27.7 Å². The third-order valence-electron chi connectivity index (χ3n) is 25.0. The van der Waals surface area contributed by atoms with Crippen LogP contribution < -0.4 is 29.3 Å². The number of hydrogen-bond acceptors (Lipinski definition) is 0. The van der Waals surface area contributed by atoms with Crippen molar-refractivity contribution in [2.45, 2.75) is 307 Å². The lowest BCUT2D eigenvalue weighted by molar-refractivity contribution is -0.659. The van der Waals surface area contributed by atoms with Crippen molar-refractivity contribution in [2.75, 3.05) is 0 Å². The summed E-state index contributed by atoms with van der Waals surface area (Å²) in [5, 5.41) is 13.0. The second-order valence-corrected chi connectivity index (χ2v) is 55.8. The van der Waals surface area contributed by atoms with Gasteiger partial charge in [0.25, 0.3) is 0 Å². The minimum atomic E-state index is -1.72. The number of hydrogen-bond donors (Lipinski definition) is 0. The largest absolute Gasteiger partial charge is 0.220 e. The minimum Gasteiger partial charge on any atom is -0.200 e. The fourth-order valence-corrected chi connectivity index (χ4v) is 40.3. The maximum atomic E-state index is 2.55. The summed E-state index contributed by atoms with van der Waals surface area (Å²) in [6.07, 6.45) is 6.77. The molecule has 3 heterocycles. The lowest BCUT2D eigenvalue weighted by Gasteiger charge is -2.43. The van der Waals surface area contributed by atoms with Gasteiger partial charge in [0.1, 0.15) is 21.1 Å². The van der Waals surface area contributed by atoms with E-state index in [1.165, 1.54) is 111 Å². The van der Waals surface area contributed by atoms with Gasteiger partial charge in [-0.2, -0.15) is 0 Å². The van der Waals surface area contributed by atoms with E-state index in [-0.39, 0.29) is 21.7 Å². The first-order valence-corrected chi connectivity index (χ1v) is 45.9. The van der Waals surface area contributed by atoms with Crippen LogP contribution in [0.5, 0.6) is 0 Å². The van der Waals surface area contributed by atoms with E-state index in [2.05, 4.69) is 404 Å². The lowest BCUT2D eigenvalue weighted by Crippen LogP contribution is -2.55. The quantitative estimate of drug-likeness (QED) is 0.0716. The van der Waals surface area contributed by atoms with Crippen LogP contribution in [0.3, 0.4) is 0 Å². The van der Waals surface area contributed by atoms with Crippen molar-refractivity contribution < 1.29 is 13.7 Å². The molecule has 0 radical (unpaired) electrons. The molecule has 0 spiro atoms. The highest BCUT2D eigenvalue weighted by molar-refractivity contribution is 6.96. The van der Waals surface area contributed by atoms with Crippen LogP contribution in [-0.2, 0) is 42.8 Å². The molecule has 0 N–H and O–H groups in total. The molecule has 0 bridgehead atoms. The van der Waals surface area contributed by atoms with Gasteiger partial charge in [0.15, 0.2) is 18.6 Å². The zero-order valence-corrected chi connectivity index (χ0v) is 74.2. The van der Waals surface area contributed by atoms with Gasteiger partial charge in [-0.3, -0.25) is 0 Å². The molecule has 6 heteroatoms. The number of nitrogens with zero attached hydrogens (tertiary/aromatic N) is 3. The number of fused-ring (bicyclic) bond motifs is 3. The second kappa shape index (κ2) is 30.7. The summed E-state index contributed by atoms with van der Waals surface area (Å²) in [6.45, 7) is 81.1. The van der Waals surface area contributed by atoms with Crippen LogP contribution in [0.15, 0.2) is 134 Å². The molecule has 101 heavy (non-hydrogen) atoms. The average Bonchev–Trinajstić information content (AvgIpc) is 0.753. The molecule has 0 aliphatic heterocycles. The lowest BCUT2D eigenvalue weighted by atomic mass is 9.76. The van der Waals surface area contributed by atoms with Gasteiger partial charge in [-0.25, -0.2) is 13.7 Å². The number of rotatable bonds is 15. The molecule has 9 aromatic rings. The molecule has 0 unspecified atom stereocenters. The highest BCUT2D eigenvalue weighted by Gasteiger charge is 2.47. The molecule has 3 nitrogen and oxygen atoms in total. The van der Waals surface area contributed by atoms with Gasteiger partial charge >= 0.3 is 0 Å². The molecular formula is C95H142N3Si3+3. The van der Waals surface area contributed by atoms with E-state index >= 15 is 0 Å². The first-order chi connectivity index (χ1) is 46.5. The monoisotopic (exact) mass is 1410 g/mol. The maximum absolute atomic E-state index is 2.55. The molecule has 3 aromatic heterocycles. The third-order valence-corrected chi connectivity index (χ3v) is 46.1. The Hall–Kier alpha value is -5.80. The second-order valence-electron chi connectivity index (χ2n) is 38.1. The van der Waals surface area contributed by atoms with Crippen molar-refractivity contribution in [2.24, 2.45) is 21.1 Å².